The summed E-state index contributed by atoms with van der Waals surface area (Å²) in [5, 5.41) is 9.08. The molecular formula is C14H26N2O4. The number of carboxylic acids is 1. The van der Waals surface area contributed by atoms with Crippen molar-refractivity contribution in [2.45, 2.75) is 37.5 Å². The Hall–Kier alpha value is -0.690. The molecule has 0 amide bonds. The smallest absolute Gasteiger partial charge is 0.317 e. The molecule has 20 heavy (non-hydrogen) atoms. The molecule has 1 heterocycles. The van der Waals surface area contributed by atoms with Gasteiger partial charge in [-0.1, -0.05) is 0 Å². The van der Waals surface area contributed by atoms with Gasteiger partial charge < -0.3 is 19.5 Å². The lowest BCUT2D eigenvalue weighted by molar-refractivity contribution is -0.184. The van der Waals surface area contributed by atoms with Crippen LogP contribution in [0.5, 0.6) is 0 Å². The number of carbonyl (C=O) groups is 1. The minimum Gasteiger partial charge on any atom is -0.480 e. The number of rotatable bonds is 6. The van der Waals surface area contributed by atoms with E-state index in [0.29, 0.717) is 19.3 Å². The Balaban J connectivity index is 1.87. The Labute approximate surface area is 120 Å². The van der Waals surface area contributed by atoms with E-state index in [2.05, 4.69) is 9.80 Å². The summed E-state index contributed by atoms with van der Waals surface area (Å²) in [6.07, 6.45) is 3.63. The molecule has 0 aromatic rings. The molecule has 116 valence electrons. The number of aliphatic carboxylic acids is 1. The Kier molecular flexibility index (Phi) is 5.37. The van der Waals surface area contributed by atoms with Gasteiger partial charge in [0.2, 0.25) is 0 Å². The number of hydrogen-bond donors (Lipinski definition) is 1. The van der Waals surface area contributed by atoms with E-state index in [1.807, 2.05) is 14.1 Å². The maximum absolute atomic E-state index is 11.0. The average Bonchev–Trinajstić information content (AvgIpc) is 2.83. The van der Waals surface area contributed by atoms with Gasteiger partial charge in [-0.15, -0.1) is 0 Å². The molecule has 0 unspecified atom stereocenters. The quantitative estimate of drug-likeness (QED) is 0.772. The van der Waals surface area contributed by atoms with Crippen molar-refractivity contribution >= 4 is 5.97 Å². The van der Waals surface area contributed by atoms with Crippen LogP contribution in [-0.2, 0) is 14.3 Å². The topological polar surface area (TPSA) is 62.2 Å². The summed E-state index contributed by atoms with van der Waals surface area (Å²) in [6.45, 7) is 3.15. The largest absolute Gasteiger partial charge is 0.480 e. The van der Waals surface area contributed by atoms with Gasteiger partial charge in [-0.3, -0.25) is 9.69 Å². The molecule has 0 radical (unpaired) electrons. The summed E-state index contributed by atoms with van der Waals surface area (Å²) >= 11 is 0. The molecule has 2 fully saturated rings. The Morgan fingerprint density at radius 2 is 1.80 bits per heavy atom. The van der Waals surface area contributed by atoms with Gasteiger partial charge in [-0.25, -0.2) is 0 Å². The van der Waals surface area contributed by atoms with E-state index in [1.165, 1.54) is 0 Å². The van der Waals surface area contributed by atoms with Crippen LogP contribution in [0.4, 0.5) is 0 Å². The second-order valence-electron chi connectivity index (χ2n) is 6.01. The van der Waals surface area contributed by atoms with Gasteiger partial charge in [0, 0.05) is 32.0 Å². The highest BCUT2D eigenvalue weighted by molar-refractivity contribution is 5.69. The summed E-state index contributed by atoms with van der Waals surface area (Å²) in [7, 11) is 4.02. The lowest BCUT2D eigenvalue weighted by atomic mass is 9.89. The third kappa shape index (κ3) is 4.15. The molecule has 0 bridgehead atoms. The third-order valence-electron chi connectivity index (χ3n) is 4.22. The van der Waals surface area contributed by atoms with E-state index in [4.69, 9.17) is 14.6 Å². The van der Waals surface area contributed by atoms with Gasteiger partial charge in [0.1, 0.15) is 0 Å². The molecule has 0 aromatic carbocycles. The van der Waals surface area contributed by atoms with Gasteiger partial charge in [0.25, 0.3) is 0 Å². The number of likely N-dealkylation sites (N-methyl/N-ethyl adjacent to an activating group) is 1. The van der Waals surface area contributed by atoms with Gasteiger partial charge >= 0.3 is 5.97 Å². The zero-order chi connectivity index (χ0) is 14.6. The van der Waals surface area contributed by atoms with E-state index < -0.39 is 5.97 Å². The molecule has 0 atom stereocenters. The van der Waals surface area contributed by atoms with Crippen LogP contribution in [0.3, 0.4) is 0 Å². The maximum Gasteiger partial charge on any atom is 0.317 e. The first-order valence-electron chi connectivity index (χ1n) is 7.39. The monoisotopic (exact) mass is 286 g/mol. The summed E-state index contributed by atoms with van der Waals surface area (Å²) in [6, 6.07) is 0.324. The molecule has 1 N–H and O–H groups in total. The molecule has 1 saturated carbocycles. The van der Waals surface area contributed by atoms with E-state index in [1.54, 1.807) is 0 Å². The maximum atomic E-state index is 11.0. The van der Waals surface area contributed by atoms with Crippen LogP contribution >= 0.6 is 0 Å². The Morgan fingerprint density at radius 1 is 1.20 bits per heavy atom. The summed E-state index contributed by atoms with van der Waals surface area (Å²) < 4.78 is 11.4. The molecule has 1 spiro atoms. The predicted octanol–water partition coefficient (Wildman–Crippen LogP) is 0.620. The highest BCUT2D eigenvalue weighted by Crippen LogP contribution is 2.37. The second-order valence-corrected chi connectivity index (χ2v) is 6.01. The first-order chi connectivity index (χ1) is 9.51. The molecule has 1 aliphatic carbocycles. The van der Waals surface area contributed by atoms with Crippen LogP contribution in [0.25, 0.3) is 0 Å². The average molecular weight is 286 g/mol. The van der Waals surface area contributed by atoms with E-state index in [9.17, 15) is 4.79 Å². The van der Waals surface area contributed by atoms with Crippen molar-refractivity contribution in [3.8, 4) is 0 Å². The lowest BCUT2D eigenvalue weighted by Gasteiger charge is -2.40. The van der Waals surface area contributed by atoms with Crippen LogP contribution < -0.4 is 0 Å². The van der Waals surface area contributed by atoms with Crippen molar-refractivity contribution in [1.29, 1.82) is 0 Å². The minimum atomic E-state index is -0.752. The second kappa shape index (κ2) is 6.85. The van der Waals surface area contributed by atoms with Gasteiger partial charge in [0.05, 0.1) is 19.8 Å². The van der Waals surface area contributed by atoms with Crippen LogP contribution in [0.15, 0.2) is 0 Å². The van der Waals surface area contributed by atoms with Crippen molar-refractivity contribution in [3.63, 3.8) is 0 Å². The number of carboxylic acid groups (broad SMARTS) is 1. The van der Waals surface area contributed by atoms with Crippen LogP contribution in [-0.4, -0.2) is 79.6 Å². The van der Waals surface area contributed by atoms with Crippen LogP contribution in [0.1, 0.15) is 25.7 Å². The Morgan fingerprint density at radius 3 is 2.30 bits per heavy atom. The molecule has 1 saturated heterocycles. The van der Waals surface area contributed by atoms with Crippen molar-refractivity contribution in [1.82, 2.24) is 9.80 Å². The third-order valence-corrected chi connectivity index (χ3v) is 4.22. The summed E-state index contributed by atoms with van der Waals surface area (Å²) in [5.41, 5.74) is 0. The Bertz CT molecular complexity index is 319. The van der Waals surface area contributed by atoms with Crippen molar-refractivity contribution in [2.24, 2.45) is 0 Å². The zero-order valence-electron chi connectivity index (χ0n) is 12.5. The van der Waals surface area contributed by atoms with Crippen LogP contribution in [0.2, 0.25) is 0 Å². The lowest BCUT2D eigenvalue weighted by Crippen LogP contribution is -2.47. The van der Waals surface area contributed by atoms with Crippen molar-refractivity contribution in [2.75, 3.05) is 46.9 Å². The van der Waals surface area contributed by atoms with Crippen LogP contribution in [0, 0.1) is 0 Å². The molecule has 2 rings (SSSR count). The summed E-state index contributed by atoms with van der Waals surface area (Å²) in [5.74, 6) is -1.12. The van der Waals surface area contributed by atoms with Crippen molar-refractivity contribution < 1.29 is 19.4 Å². The fourth-order valence-corrected chi connectivity index (χ4v) is 3.09. The van der Waals surface area contributed by atoms with E-state index >= 15 is 0 Å². The first-order valence-corrected chi connectivity index (χ1v) is 7.39. The predicted molar refractivity (Wildman–Crippen MR) is 74.7 cm³/mol. The molecular weight excluding hydrogens is 260 g/mol. The first kappa shape index (κ1) is 15.7. The molecule has 1 aliphatic heterocycles. The highest BCUT2D eigenvalue weighted by Gasteiger charge is 2.41. The highest BCUT2D eigenvalue weighted by atomic mass is 16.7. The van der Waals surface area contributed by atoms with E-state index in [-0.39, 0.29) is 12.3 Å². The minimum absolute atomic E-state index is 0.118. The molecule has 0 aromatic heterocycles. The number of nitrogens with zero attached hydrogens (tertiary/aromatic N) is 2. The standard InChI is InChI=1S/C14H26N2O4/c1-15(2)7-8-16(11-13(17)18)12-3-5-14(6-4-12)19-9-10-20-14/h12H,3-11H2,1-2H3,(H,17,18). The van der Waals surface area contributed by atoms with E-state index in [0.717, 1.165) is 38.8 Å². The fraction of sp³-hybridized carbons (Fsp3) is 0.929. The zero-order valence-corrected chi connectivity index (χ0v) is 12.5. The normalized spacial score (nSPS) is 23.0. The SMILES string of the molecule is CN(C)CCN(CC(=O)O)C1CCC2(CC1)OCCO2. The van der Waals surface area contributed by atoms with Gasteiger partial charge in [-0.05, 0) is 26.9 Å². The number of hydrogen-bond acceptors (Lipinski definition) is 5. The summed E-state index contributed by atoms with van der Waals surface area (Å²) in [4.78, 5) is 15.2. The van der Waals surface area contributed by atoms with Crippen molar-refractivity contribution in [3.05, 3.63) is 0 Å². The molecule has 2 aliphatic rings. The van der Waals surface area contributed by atoms with Gasteiger partial charge in [-0.2, -0.15) is 0 Å². The molecule has 6 heteroatoms. The number of ether oxygens (including phenoxy) is 2. The molecule has 6 nitrogen and oxygen atoms in total. The fourth-order valence-electron chi connectivity index (χ4n) is 3.09. The van der Waals surface area contributed by atoms with Gasteiger partial charge in [0.15, 0.2) is 5.79 Å².